The van der Waals surface area contributed by atoms with E-state index < -0.39 is 0 Å². The van der Waals surface area contributed by atoms with E-state index in [1.807, 2.05) is 19.2 Å². The third kappa shape index (κ3) is 3.05. The highest BCUT2D eigenvalue weighted by Crippen LogP contribution is 2.10. The zero-order valence-corrected chi connectivity index (χ0v) is 10.9. The molecule has 2 rings (SSSR count). The third-order valence-electron chi connectivity index (χ3n) is 3.26. The molecule has 1 aliphatic heterocycles. The van der Waals surface area contributed by atoms with Crippen LogP contribution in [0.2, 0.25) is 0 Å². The minimum atomic E-state index is -0.0925. The molecule has 5 nitrogen and oxygen atoms in total. The topological polar surface area (TPSA) is 57.3 Å². The number of carbonyl (C=O) groups is 1. The molecule has 0 radical (unpaired) electrons. The smallest absolute Gasteiger partial charge is 0.238 e. The molecule has 0 spiro atoms. The molecule has 1 aromatic heterocycles. The molecular weight excluding hydrogens is 228 g/mol. The predicted octanol–water partition coefficient (Wildman–Crippen LogP) is -0.0902. The highest BCUT2D eigenvalue weighted by molar-refractivity contribution is 5.81. The van der Waals surface area contributed by atoms with Crippen molar-refractivity contribution < 1.29 is 4.79 Å². The summed E-state index contributed by atoms with van der Waals surface area (Å²) in [6.07, 6.45) is 1.89. The van der Waals surface area contributed by atoms with Crippen LogP contribution in [-0.2, 0) is 11.3 Å². The van der Waals surface area contributed by atoms with Gasteiger partial charge in [0.15, 0.2) is 0 Å². The third-order valence-corrected chi connectivity index (χ3v) is 3.26. The van der Waals surface area contributed by atoms with Crippen LogP contribution >= 0.6 is 0 Å². The largest absolute Gasteiger partial charge is 0.358 e. The maximum atomic E-state index is 11.8. The molecule has 0 aromatic carbocycles. The number of nitrogens with zero attached hydrogens (tertiary/aromatic N) is 2. The monoisotopic (exact) mass is 248 g/mol. The van der Waals surface area contributed by atoms with Crippen LogP contribution in [0.5, 0.6) is 0 Å². The fraction of sp³-hybridized carbons (Fsp3) is 0.538. The van der Waals surface area contributed by atoms with E-state index in [1.165, 1.54) is 0 Å². The van der Waals surface area contributed by atoms with Crippen LogP contribution in [0, 0.1) is 6.92 Å². The lowest BCUT2D eigenvalue weighted by Crippen LogP contribution is -2.56. The van der Waals surface area contributed by atoms with E-state index >= 15 is 0 Å². The molecule has 2 heterocycles. The Morgan fingerprint density at radius 2 is 2.44 bits per heavy atom. The number of likely N-dealkylation sites (N-methyl/N-ethyl adjacent to an activating group) is 1. The number of nitrogens with one attached hydrogen (secondary N) is 2. The SMILES string of the molecule is CNC(=O)C1CNCCN1Cc1ccc(C)nc1. The average molecular weight is 248 g/mol. The first-order valence-corrected chi connectivity index (χ1v) is 6.28. The molecular formula is C13H20N4O. The second kappa shape index (κ2) is 5.93. The normalized spacial score (nSPS) is 20.7. The zero-order valence-electron chi connectivity index (χ0n) is 10.9. The fourth-order valence-corrected chi connectivity index (χ4v) is 2.19. The van der Waals surface area contributed by atoms with Gasteiger partial charge >= 0.3 is 0 Å². The molecule has 1 fully saturated rings. The first kappa shape index (κ1) is 13.0. The van der Waals surface area contributed by atoms with E-state index in [2.05, 4.69) is 26.6 Å². The molecule has 1 unspecified atom stereocenters. The maximum Gasteiger partial charge on any atom is 0.238 e. The van der Waals surface area contributed by atoms with Crippen LogP contribution in [0.15, 0.2) is 18.3 Å². The summed E-state index contributed by atoms with van der Waals surface area (Å²) in [4.78, 5) is 18.3. The van der Waals surface area contributed by atoms with Crippen molar-refractivity contribution in [3.63, 3.8) is 0 Å². The maximum absolute atomic E-state index is 11.8. The summed E-state index contributed by atoms with van der Waals surface area (Å²) in [5.74, 6) is 0.0715. The molecule has 18 heavy (non-hydrogen) atoms. The quantitative estimate of drug-likeness (QED) is 0.785. The summed E-state index contributed by atoms with van der Waals surface area (Å²) < 4.78 is 0. The standard InChI is InChI=1S/C13H20N4O/c1-10-3-4-11(7-16-10)9-17-6-5-15-8-12(17)13(18)14-2/h3-4,7,12,15H,5-6,8-9H2,1-2H3,(H,14,18). The number of amides is 1. The molecule has 1 saturated heterocycles. The van der Waals surface area contributed by atoms with E-state index in [4.69, 9.17) is 0 Å². The number of piperazine rings is 1. The fourth-order valence-electron chi connectivity index (χ4n) is 2.19. The molecule has 1 amide bonds. The number of hydrogen-bond donors (Lipinski definition) is 2. The highest BCUT2D eigenvalue weighted by atomic mass is 16.2. The van der Waals surface area contributed by atoms with Crippen LogP contribution in [0.25, 0.3) is 0 Å². The van der Waals surface area contributed by atoms with E-state index in [9.17, 15) is 4.79 Å². The van der Waals surface area contributed by atoms with Gasteiger partial charge in [0.2, 0.25) is 5.91 Å². The van der Waals surface area contributed by atoms with Crippen molar-refractivity contribution >= 4 is 5.91 Å². The van der Waals surface area contributed by atoms with Crippen molar-refractivity contribution in [3.05, 3.63) is 29.6 Å². The van der Waals surface area contributed by atoms with Crippen molar-refractivity contribution in [2.45, 2.75) is 19.5 Å². The van der Waals surface area contributed by atoms with Crippen LogP contribution < -0.4 is 10.6 Å². The van der Waals surface area contributed by atoms with Crippen molar-refractivity contribution in [3.8, 4) is 0 Å². The van der Waals surface area contributed by atoms with E-state index in [-0.39, 0.29) is 11.9 Å². The molecule has 1 aliphatic rings. The lowest BCUT2D eigenvalue weighted by atomic mass is 10.1. The number of rotatable bonds is 3. The Kier molecular flexibility index (Phi) is 4.28. The highest BCUT2D eigenvalue weighted by Gasteiger charge is 2.27. The van der Waals surface area contributed by atoms with Gasteiger partial charge in [-0.15, -0.1) is 0 Å². The minimum absolute atomic E-state index is 0.0715. The van der Waals surface area contributed by atoms with Gasteiger partial charge in [-0.25, -0.2) is 0 Å². The lowest BCUT2D eigenvalue weighted by molar-refractivity contribution is -0.126. The van der Waals surface area contributed by atoms with E-state index in [0.717, 1.165) is 30.9 Å². The Morgan fingerprint density at radius 3 is 3.11 bits per heavy atom. The van der Waals surface area contributed by atoms with Gasteiger partial charge < -0.3 is 10.6 Å². The summed E-state index contributed by atoms with van der Waals surface area (Å²) in [5, 5.41) is 5.98. The summed E-state index contributed by atoms with van der Waals surface area (Å²) in [5.41, 5.74) is 2.17. The number of aromatic nitrogens is 1. The lowest BCUT2D eigenvalue weighted by Gasteiger charge is -2.34. The van der Waals surface area contributed by atoms with Crippen LogP contribution in [0.1, 0.15) is 11.3 Å². The summed E-state index contributed by atoms with van der Waals surface area (Å²) in [6.45, 7) is 5.26. The molecule has 5 heteroatoms. The Hall–Kier alpha value is -1.46. The van der Waals surface area contributed by atoms with Gasteiger partial charge in [-0.2, -0.15) is 0 Å². The second-order valence-corrected chi connectivity index (χ2v) is 4.61. The van der Waals surface area contributed by atoms with E-state index in [1.54, 1.807) is 7.05 Å². The first-order valence-electron chi connectivity index (χ1n) is 6.28. The molecule has 2 N–H and O–H groups in total. The second-order valence-electron chi connectivity index (χ2n) is 4.61. The molecule has 98 valence electrons. The average Bonchev–Trinajstić information content (AvgIpc) is 2.41. The van der Waals surface area contributed by atoms with Gasteiger partial charge in [0.1, 0.15) is 6.04 Å². The van der Waals surface area contributed by atoms with Crippen molar-refractivity contribution in [1.29, 1.82) is 0 Å². The Labute approximate surface area is 108 Å². The summed E-state index contributed by atoms with van der Waals surface area (Å²) >= 11 is 0. The van der Waals surface area contributed by atoms with E-state index in [0.29, 0.717) is 6.54 Å². The number of aryl methyl sites for hydroxylation is 1. The molecule has 0 aliphatic carbocycles. The van der Waals surface area contributed by atoms with Crippen molar-refractivity contribution in [2.75, 3.05) is 26.7 Å². The van der Waals surface area contributed by atoms with Crippen molar-refractivity contribution in [1.82, 2.24) is 20.5 Å². The van der Waals surface area contributed by atoms with Gasteiger partial charge in [0, 0.05) is 45.1 Å². The molecule has 1 atom stereocenters. The minimum Gasteiger partial charge on any atom is -0.358 e. The molecule has 1 aromatic rings. The zero-order chi connectivity index (χ0) is 13.0. The number of pyridine rings is 1. The van der Waals surface area contributed by atoms with Gasteiger partial charge in [0.05, 0.1) is 0 Å². The van der Waals surface area contributed by atoms with Crippen LogP contribution in [-0.4, -0.2) is 48.5 Å². The summed E-state index contributed by atoms with van der Waals surface area (Å²) in [6, 6.07) is 3.99. The number of carbonyl (C=O) groups excluding carboxylic acids is 1. The summed E-state index contributed by atoms with van der Waals surface area (Å²) in [7, 11) is 1.68. The van der Waals surface area contributed by atoms with Crippen LogP contribution in [0.3, 0.4) is 0 Å². The Balaban J connectivity index is 2.05. The Morgan fingerprint density at radius 1 is 1.61 bits per heavy atom. The molecule has 0 saturated carbocycles. The number of hydrogen-bond acceptors (Lipinski definition) is 4. The van der Waals surface area contributed by atoms with Gasteiger partial charge in [-0.1, -0.05) is 6.07 Å². The van der Waals surface area contributed by atoms with Gasteiger partial charge in [-0.05, 0) is 18.6 Å². The Bertz CT molecular complexity index is 404. The van der Waals surface area contributed by atoms with Crippen molar-refractivity contribution in [2.24, 2.45) is 0 Å². The van der Waals surface area contributed by atoms with Gasteiger partial charge in [-0.3, -0.25) is 14.7 Å². The predicted molar refractivity (Wildman–Crippen MR) is 70.1 cm³/mol. The molecule has 0 bridgehead atoms. The first-order chi connectivity index (χ1) is 8.70. The van der Waals surface area contributed by atoms with Crippen LogP contribution in [0.4, 0.5) is 0 Å². The van der Waals surface area contributed by atoms with Gasteiger partial charge in [0.25, 0.3) is 0 Å².